The molecule has 0 aliphatic rings. The van der Waals surface area contributed by atoms with Crippen LogP contribution in [0.25, 0.3) is 11.0 Å². The number of carbonyl (C=O) groups is 1. The molecule has 0 saturated heterocycles. The van der Waals surface area contributed by atoms with Crippen LogP contribution in [0.4, 0.5) is 0 Å². The molecule has 0 atom stereocenters. The minimum Gasteiger partial charge on any atom is -0.497 e. The summed E-state index contributed by atoms with van der Waals surface area (Å²) in [5, 5.41) is 0.879. The van der Waals surface area contributed by atoms with Gasteiger partial charge in [0.15, 0.2) is 5.76 Å². The molecule has 0 N–H and O–H groups in total. The fourth-order valence-electron chi connectivity index (χ4n) is 2.02. The van der Waals surface area contributed by atoms with Crippen LogP contribution in [0.2, 0.25) is 0 Å². The molecule has 2 aromatic carbocycles. The summed E-state index contributed by atoms with van der Waals surface area (Å²) in [7, 11) is 1.59. The lowest BCUT2D eigenvalue weighted by molar-refractivity contribution is 0.101. The number of fused-ring (bicyclic) bond motifs is 1. The van der Waals surface area contributed by atoms with Gasteiger partial charge in [-0.05, 0) is 30.3 Å². The van der Waals surface area contributed by atoms with Crippen LogP contribution in [-0.4, -0.2) is 12.9 Å². The maximum Gasteiger partial charge on any atom is 0.228 e. The number of hydrogen-bond acceptors (Lipinski definition) is 3. The van der Waals surface area contributed by atoms with Crippen LogP contribution < -0.4 is 4.74 Å². The highest BCUT2D eigenvalue weighted by Crippen LogP contribution is 2.26. The summed E-state index contributed by atoms with van der Waals surface area (Å²) in [5.41, 5.74) is 1.23. The lowest BCUT2D eigenvalue weighted by atomic mass is 10.1. The molecule has 1 heterocycles. The molecule has 3 rings (SSSR count). The van der Waals surface area contributed by atoms with Gasteiger partial charge in [-0.15, -0.1) is 0 Å². The first kappa shape index (κ1) is 12.9. The maximum atomic E-state index is 12.4. The third-order valence-corrected chi connectivity index (χ3v) is 3.53. The second-order valence-corrected chi connectivity index (χ2v) is 5.27. The predicted molar refractivity (Wildman–Crippen MR) is 80.3 cm³/mol. The fraction of sp³-hybridized carbons (Fsp3) is 0.0625. The zero-order valence-corrected chi connectivity index (χ0v) is 12.3. The monoisotopic (exact) mass is 330 g/mol. The van der Waals surface area contributed by atoms with Crippen molar-refractivity contribution in [1.82, 2.24) is 0 Å². The standard InChI is InChI=1S/C16H11BrO3/c1-19-13-6-5-10-8-15(20-14(10)9-13)16(18)11-3-2-4-12(17)7-11/h2-9H,1H3. The van der Waals surface area contributed by atoms with Crippen molar-refractivity contribution in [3.05, 3.63) is 64.3 Å². The fourth-order valence-corrected chi connectivity index (χ4v) is 2.42. The Bertz CT molecular complexity index is 789. The van der Waals surface area contributed by atoms with Crippen LogP contribution in [0.15, 0.2) is 57.4 Å². The number of carbonyl (C=O) groups excluding carboxylic acids is 1. The van der Waals surface area contributed by atoms with Gasteiger partial charge in [0.25, 0.3) is 0 Å². The van der Waals surface area contributed by atoms with E-state index in [1.54, 1.807) is 31.4 Å². The predicted octanol–water partition coefficient (Wildman–Crippen LogP) is 4.43. The molecule has 3 aromatic rings. The molecule has 0 amide bonds. The van der Waals surface area contributed by atoms with Crippen LogP contribution in [0.3, 0.4) is 0 Å². The Morgan fingerprint density at radius 3 is 2.75 bits per heavy atom. The van der Waals surface area contributed by atoms with Crippen LogP contribution in [0.5, 0.6) is 5.75 Å². The minimum absolute atomic E-state index is 0.138. The van der Waals surface area contributed by atoms with Gasteiger partial charge in [0.2, 0.25) is 5.78 Å². The van der Waals surface area contributed by atoms with E-state index in [1.165, 1.54) is 0 Å². The molecule has 3 nitrogen and oxygen atoms in total. The molecule has 1 aromatic heterocycles. The van der Waals surface area contributed by atoms with Crippen molar-refractivity contribution >= 4 is 32.7 Å². The summed E-state index contributed by atoms with van der Waals surface area (Å²) in [6, 6.07) is 14.5. The van der Waals surface area contributed by atoms with Crippen LogP contribution in [0.1, 0.15) is 16.1 Å². The Balaban J connectivity index is 2.03. The molecular weight excluding hydrogens is 320 g/mol. The summed E-state index contributed by atoms with van der Waals surface area (Å²) in [6.45, 7) is 0. The molecule has 4 heteroatoms. The first-order chi connectivity index (χ1) is 9.67. The quantitative estimate of drug-likeness (QED) is 0.666. The van der Waals surface area contributed by atoms with Crippen LogP contribution in [-0.2, 0) is 0 Å². The molecule has 0 spiro atoms. The van der Waals surface area contributed by atoms with Gasteiger partial charge >= 0.3 is 0 Å². The Morgan fingerprint density at radius 1 is 1.15 bits per heavy atom. The summed E-state index contributed by atoms with van der Waals surface area (Å²) >= 11 is 3.36. The lowest BCUT2D eigenvalue weighted by Gasteiger charge is -1.98. The van der Waals surface area contributed by atoms with E-state index in [1.807, 2.05) is 24.3 Å². The number of hydrogen-bond donors (Lipinski definition) is 0. The summed E-state index contributed by atoms with van der Waals surface area (Å²) in [6.07, 6.45) is 0. The first-order valence-electron chi connectivity index (χ1n) is 6.05. The van der Waals surface area contributed by atoms with Crippen molar-refractivity contribution in [2.45, 2.75) is 0 Å². The molecule has 0 fully saturated rings. The Morgan fingerprint density at radius 2 is 2.00 bits per heavy atom. The van der Waals surface area contributed by atoms with Gasteiger partial charge in [0.05, 0.1) is 7.11 Å². The van der Waals surface area contributed by atoms with E-state index >= 15 is 0 Å². The highest BCUT2D eigenvalue weighted by molar-refractivity contribution is 9.10. The topological polar surface area (TPSA) is 39.4 Å². The van der Waals surface area contributed by atoms with Crippen LogP contribution in [0, 0.1) is 0 Å². The minimum atomic E-state index is -0.138. The lowest BCUT2D eigenvalue weighted by Crippen LogP contribution is -1.98. The second-order valence-electron chi connectivity index (χ2n) is 4.35. The largest absolute Gasteiger partial charge is 0.497 e. The third kappa shape index (κ3) is 2.34. The van der Waals surface area contributed by atoms with Gasteiger partial charge in [0.1, 0.15) is 11.3 Å². The van der Waals surface area contributed by atoms with Gasteiger partial charge in [-0.2, -0.15) is 0 Å². The number of methoxy groups -OCH3 is 1. The highest BCUT2D eigenvalue weighted by atomic mass is 79.9. The summed E-state index contributed by atoms with van der Waals surface area (Å²) in [4.78, 5) is 12.4. The molecule has 0 aliphatic carbocycles. The highest BCUT2D eigenvalue weighted by Gasteiger charge is 2.15. The Hall–Kier alpha value is -2.07. The number of rotatable bonds is 3. The number of ketones is 1. The normalized spacial score (nSPS) is 10.7. The third-order valence-electron chi connectivity index (χ3n) is 3.04. The number of benzene rings is 2. The summed E-state index contributed by atoms with van der Waals surface area (Å²) < 4.78 is 11.6. The van der Waals surface area contributed by atoms with E-state index in [2.05, 4.69) is 15.9 Å². The van der Waals surface area contributed by atoms with E-state index in [9.17, 15) is 4.79 Å². The van der Waals surface area contributed by atoms with Crippen LogP contribution >= 0.6 is 15.9 Å². The average molecular weight is 331 g/mol. The molecular formula is C16H11BrO3. The van der Waals surface area contributed by atoms with Crippen molar-refractivity contribution in [1.29, 1.82) is 0 Å². The molecule has 0 radical (unpaired) electrons. The zero-order valence-electron chi connectivity index (χ0n) is 10.7. The van der Waals surface area contributed by atoms with E-state index in [0.29, 0.717) is 22.7 Å². The van der Waals surface area contributed by atoms with Gasteiger partial charge in [0, 0.05) is 21.5 Å². The van der Waals surface area contributed by atoms with Crippen molar-refractivity contribution in [2.24, 2.45) is 0 Å². The maximum absolute atomic E-state index is 12.4. The number of ether oxygens (including phenoxy) is 1. The molecule has 0 unspecified atom stereocenters. The van der Waals surface area contributed by atoms with Crippen molar-refractivity contribution in [3.8, 4) is 5.75 Å². The number of halogens is 1. The van der Waals surface area contributed by atoms with E-state index in [-0.39, 0.29) is 5.78 Å². The molecule has 20 heavy (non-hydrogen) atoms. The number of furan rings is 1. The SMILES string of the molecule is COc1ccc2cc(C(=O)c3cccc(Br)c3)oc2c1. The van der Waals surface area contributed by atoms with Crippen molar-refractivity contribution in [2.75, 3.05) is 7.11 Å². The van der Waals surface area contributed by atoms with Crippen molar-refractivity contribution in [3.63, 3.8) is 0 Å². The molecule has 100 valence electrons. The van der Waals surface area contributed by atoms with E-state index in [4.69, 9.17) is 9.15 Å². The Labute approximate surface area is 124 Å². The Kier molecular flexibility index (Phi) is 3.32. The second kappa shape index (κ2) is 5.13. The van der Waals surface area contributed by atoms with Gasteiger partial charge in [-0.3, -0.25) is 4.79 Å². The zero-order chi connectivity index (χ0) is 14.1. The average Bonchev–Trinajstić information content (AvgIpc) is 2.89. The van der Waals surface area contributed by atoms with Gasteiger partial charge in [-0.25, -0.2) is 0 Å². The van der Waals surface area contributed by atoms with Gasteiger partial charge in [-0.1, -0.05) is 28.1 Å². The summed E-state index contributed by atoms with van der Waals surface area (Å²) in [5.74, 6) is 0.890. The molecule has 0 bridgehead atoms. The molecule has 0 aliphatic heterocycles. The molecule has 0 saturated carbocycles. The van der Waals surface area contributed by atoms with E-state index < -0.39 is 0 Å². The first-order valence-corrected chi connectivity index (χ1v) is 6.84. The van der Waals surface area contributed by atoms with Crippen molar-refractivity contribution < 1.29 is 13.9 Å². The smallest absolute Gasteiger partial charge is 0.228 e. The van der Waals surface area contributed by atoms with Gasteiger partial charge < -0.3 is 9.15 Å². The van der Waals surface area contributed by atoms with E-state index in [0.717, 1.165) is 9.86 Å².